The second-order valence-electron chi connectivity index (χ2n) is 6.05. The second kappa shape index (κ2) is 9.12. The Kier molecular flexibility index (Phi) is 7.16. The maximum atomic E-state index is 11.9. The average molecular weight is 381 g/mol. The van der Waals surface area contributed by atoms with Crippen molar-refractivity contribution in [3.63, 3.8) is 0 Å². The molecular weight excluding hydrogens is 356 g/mol. The summed E-state index contributed by atoms with van der Waals surface area (Å²) < 4.78 is 25.7. The molecule has 1 aromatic carbocycles. The van der Waals surface area contributed by atoms with Crippen LogP contribution in [-0.4, -0.2) is 26.1 Å². The zero-order valence-electron chi connectivity index (χ0n) is 14.5. The molecule has 1 aromatic heterocycles. The maximum absolute atomic E-state index is 11.9. The van der Waals surface area contributed by atoms with Crippen molar-refractivity contribution in [1.82, 2.24) is 4.72 Å². The Morgan fingerprint density at radius 3 is 2.44 bits per heavy atom. The van der Waals surface area contributed by atoms with Gasteiger partial charge in [-0.1, -0.05) is 18.2 Å². The summed E-state index contributed by atoms with van der Waals surface area (Å²) in [5.74, 6) is -0.0596. The van der Waals surface area contributed by atoms with E-state index in [9.17, 15) is 13.2 Å². The van der Waals surface area contributed by atoms with Crippen molar-refractivity contribution in [2.45, 2.75) is 38.4 Å². The van der Waals surface area contributed by atoms with E-state index in [1.165, 1.54) is 4.88 Å². The summed E-state index contributed by atoms with van der Waals surface area (Å²) in [6.07, 6.45) is 1.65. The van der Waals surface area contributed by atoms with Gasteiger partial charge in [0.15, 0.2) is 0 Å². The highest BCUT2D eigenvalue weighted by Crippen LogP contribution is 2.25. The molecule has 7 heteroatoms. The molecule has 0 aliphatic heterocycles. The van der Waals surface area contributed by atoms with E-state index in [1.807, 2.05) is 35.7 Å². The normalized spacial score (nSPS) is 11.6. The van der Waals surface area contributed by atoms with Gasteiger partial charge in [-0.3, -0.25) is 4.79 Å². The lowest BCUT2D eigenvalue weighted by atomic mass is 10.1. The second-order valence-corrected chi connectivity index (χ2v) is 9.32. The van der Waals surface area contributed by atoms with Gasteiger partial charge in [0.2, 0.25) is 15.9 Å². The molecule has 0 spiro atoms. The van der Waals surface area contributed by atoms with Gasteiger partial charge in [-0.15, -0.1) is 11.3 Å². The molecule has 5 nitrogen and oxygen atoms in total. The van der Waals surface area contributed by atoms with Crippen LogP contribution >= 0.6 is 11.3 Å². The van der Waals surface area contributed by atoms with Gasteiger partial charge in [-0.05, 0) is 55.8 Å². The molecule has 0 aliphatic rings. The number of unbranched alkanes of at least 4 members (excludes halogenated alkanes) is 1. The van der Waals surface area contributed by atoms with Gasteiger partial charge in [-0.2, -0.15) is 0 Å². The van der Waals surface area contributed by atoms with Crippen LogP contribution in [0.25, 0.3) is 10.4 Å². The molecule has 0 saturated carbocycles. The first-order valence-corrected chi connectivity index (χ1v) is 10.7. The Morgan fingerprint density at radius 2 is 1.84 bits per heavy atom. The van der Waals surface area contributed by atoms with E-state index < -0.39 is 15.3 Å². The van der Waals surface area contributed by atoms with E-state index in [2.05, 4.69) is 16.1 Å². The summed E-state index contributed by atoms with van der Waals surface area (Å²) in [6, 6.07) is 11.8. The van der Waals surface area contributed by atoms with Crippen LogP contribution < -0.4 is 10.0 Å². The van der Waals surface area contributed by atoms with Gasteiger partial charge >= 0.3 is 0 Å². The van der Waals surface area contributed by atoms with Crippen LogP contribution in [0, 0.1) is 0 Å². The van der Waals surface area contributed by atoms with E-state index >= 15 is 0 Å². The zero-order chi connectivity index (χ0) is 18.3. The number of amides is 1. The first kappa shape index (κ1) is 19.6. The van der Waals surface area contributed by atoms with Gasteiger partial charge < -0.3 is 5.32 Å². The first-order chi connectivity index (χ1) is 11.9. The standard InChI is InChI=1S/C18H24N2O3S2/c1-14(2)25(22,23)19-12-4-3-7-18(21)20-16-10-8-15(9-11-16)17-6-5-13-24-17/h5-6,8-11,13-14,19H,3-4,7,12H2,1-2H3,(H,20,21). The molecule has 0 radical (unpaired) electrons. The molecule has 0 unspecified atom stereocenters. The number of carbonyl (C=O) groups excluding carboxylic acids is 1. The van der Waals surface area contributed by atoms with Crippen LogP contribution in [-0.2, 0) is 14.8 Å². The monoisotopic (exact) mass is 380 g/mol. The van der Waals surface area contributed by atoms with E-state index in [0.29, 0.717) is 25.8 Å². The van der Waals surface area contributed by atoms with Crippen molar-refractivity contribution >= 4 is 33.0 Å². The van der Waals surface area contributed by atoms with E-state index in [0.717, 1.165) is 11.3 Å². The van der Waals surface area contributed by atoms with Crippen molar-refractivity contribution in [2.24, 2.45) is 0 Å². The summed E-state index contributed by atoms with van der Waals surface area (Å²) in [5.41, 5.74) is 1.90. The highest BCUT2D eigenvalue weighted by Gasteiger charge is 2.14. The number of anilines is 1. The molecule has 25 heavy (non-hydrogen) atoms. The number of thiophene rings is 1. The Balaban J connectivity index is 1.70. The topological polar surface area (TPSA) is 75.3 Å². The van der Waals surface area contributed by atoms with Gasteiger partial charge in [0.25, 0.3) is 0 Å². The van der Waals surface area contributed by atoms with Crippen molar-refractivity contribution in [3.8, 4) is 10.4 Å². The molecule has 0 atom stereocenters. The van der Waals surface area contributed by atoms with E-state index in [4.69, 9.17) is 0 Å². The quantitative estimate of drug-likeness (QED) is 0.649. The molecule has 0 bridgehead atoms. The molecular formula is C18H24N2O3S2. The fraction of sp³-hybridized carbons (Fsp3) is 0.389. The molecule has 0 fully saturated rings. The number of hydrogen-bond donors (Lipinski definition) is 2. The maximum Gasteiger partial charge on any atom is 0.224 e. The zero-order valence-corrected chi connectivity index (χ0v) is 16.1. The minimum Gasteiger partial charge on any atom is -0.326 e. The van der Waals surface area contributed by atoms with Crippen molar-refractivity contribution in [3.05, 3.63) is 41.8 Å². The molecule has 0 aliphatic carbocycles. The Hall–Kier alpha value is -1.70. The average Bonchev–Trinajstić information content (AvgIpc) is 3.09. The molecule has 2 rings (SSSR count). The summed E-state index contributed by atoms with van der Waals surface area (Å²) in [5, 5.41) is 4.46. The highest BCUT2D eigenvalue weighted by atomic mass is 32.2. The Bertz CT molecular complexity index is 767. The lowest BCUT2D eigenvalue weighted by Gasteiger charge is -2.09. The third-order valence-corrected chi connectivity index (χ3v) is 6.50. The van der Waals surface area contributed by atoms with Gasteiger partial charge in [0.1, 0.15) is 0 Å². The van der Waals surface area contributed by atoms with Crippen LogP contribution in [0.3, 0.4) is 0 Å². The Morgan fingerprint density at radius 1 is 1.12 bits per heavy atom. The fourth-order valence-electron chi connectivity index (χ4n) is 2.18. The predicted molar refractivity (Wildman–Crippen MR) is 104 cm³/mol. The highest BCUT2D eigenvalue weighted by molar-refractivity contribution is 7.90. The smallest absolute Gasteiger partial charge is 0.224 e. The third kappa shape index (κ3) is 6.26. The van der Waals surface area contributed by atoms with Gasteiger partial charge in [0, 0.05) is 23.5 Å². The number of nitrogens with one attached hydrogen (secondary N) is 2. The summed E-state index contributed by atoms with van der Waals surface area (Å²) >= 11 is 1.68. The number of sulfonamides is 1. The molecule has 0 saturated heterocycles. The van der Waals surface area contributed by atoms with Gasteiger partial charge in [0.05, 0.1) is 5.25 Å². The number of rotatable bonds is 9. The number of benzene rings is 1. The van der Waals surface area contributed by atoms with Crippen molar-refractivity contribution in [1.29, 1.82) is 0 Å². The van der Waals surface area contributed by atoms with E-state index in [1.54, 1.807) is 25.2 Å². The summed E-state index contributed by atoms with van der Waals surface area (Å²) in [6.45, 7) is 3.64. The lowest BCUT2D eigenvalue weighted by molar-refractivity contribution is -0.116. The van der Waals surface area contributed by atoms with E-state index in [-0.39, 0.29) is 5.91 Å². The van der Waals surface area contributed by atoms with Crippen LogP contribution in [0.15, 0.2) is 41.8 Å². The van der Waals surface area contributed by atoms with Crippen molar-refractivity contribution < 1.29 is 13.2 Å². The number of carbonyl (C=O) groups is 1. The van der Waals surface area contributed by atoms with Crippen molar-refractivity contribution in [2.75, 3.05) is 11.9 Å². The van der Waals surface area contributed by atoms with Crippen LogP contribution in [0.1, 0.15) is 33.1 Å². The summed E-state index contributed by atoms with van der Waals surface area (Å²) in [4.78, 5) is 13.1. The SMILES string of the molecule is CC(C)S(=O)(=O)NCCCCC(=O)Nc1ccc(-c2cccs2)cc1. The largest absolute Gasteiger partial charge is 0.326 e. The minimum atomic E-state index is -3.22. The number of hydrogen-bond acceptors (Lipinski definition) is 4. The fourth-order valence-corrected chi connectivity index (χ4v) is 3.67. The first-order valence-electron chi connectivity index (χ1n) is 8.31. The summed E-state index contributed by atoms with van der Waals surface area (Å²) in [7, 11) is -3.22. The Labute approximate surface area is 153 Å². The molecule has 1 heterocycles. The molecule has 2 aromatic rings. The molecule has 1 amide bonds. The van der Waals surface area contributed by atoms with Gasteiger partial charge in [-0.25, -0.2) is 13.1 Å². The predicted octanol–water partition coefficient (Wildman–Crippen LogP) is 3.85. The van der Waals surface area contributed by atoms with Crippen LogP contribution in [0.2, 0.25) is 0 Å². The molecule has 2 N–H and O–H groups in total. The minimum absolute atomic E-state index is 0.0596. The molecule has 136 valence electrons. The lowest BCUT2D eigenvalue weighted by Crippen LogP contribution is -2.31. The van der Waals surface area contributed by atoms with Crippen LogP contribution in [0.5, 0.6) is 0 Å². The van der Waals surface area contributed by atoms with Crippen LogP contribution in [0.4, 0.5) is 5.69 Å². The third-order valence-electron chi connectivity index (χ3n) is 3.73.